The molecular formula is C19H22N2O3. The minimum Gasteiger partial charge on any atom is -0.480 e. The van der Waals surface area contributed by atoms with Crippen molar-refractivity contribution in [2.45, 2.75) is 44.6 Å². The molecule has 0 aliphatic heterocycles. The maximum Gasteiger partial charge on any atom is 0.326 e. The standard InChI is InChI=1S/C19H22N2O3/c22-18(11-13-5-1-2-6-13)21-17(19(23)24)12-15-10-9-14-7-3-4-8-16(14)20-15/h3-4,7-10,13,17H,1-2,5-6,11-12H2,(H,21,22)(H,23,24)/t17-/m0/s1. The molecule has 0 bridgehead atoms. The fourth-order valence-electron chi connectivity index (χ4n) is 3.36. The third kappa shape index (κ3) is 4.10. The van der Waals surface area contributed by atoms with Crippen molar-refractivity contribution in [1.82, 2.24) is 10.3 Å². The number of carbonyl (C=O) groups excluding carboxylic acids is 1. The molecule has 3 rings (SSSR count). The molecular weight excluding hydrogens is 304 g/mol. The number of nitrogens with one attached hydrogen (secondary N) is 1. The van der Waals surface area contributed by atoms with Gasteiger partial charge < -0.3 is 10.4 Å². The lowest BCUT2D eigenvalue weighted by molar-refractivity contribution is -0.141. The predicted molar refractivity (Wildman–Crippen MR) is 91.6 cm³/mol. The summed E-state index contributed by atoms with van der Waals surface area (Å²) in [5, 5.41) is 13.1. The second kappa shape index (κ2) is 7.43. The molecule has 2 aromatic rings. The van der Waals surface area contributed by atoms with E-state index in [-0.39, 0.29) is 12.3 Å². The Balaban J connectivity index is 1.66. The van der Waals surface area contributed by atoms with Crippen LogP contribution >= 0.6 is 0 Å². The Morgan fingerprint density at radius 3 is 2.67 bits per heavy atom. The van der Waals surface area contributed by atoms with E-state index in [9.17, 15) is 14.7 Å². The molecule has 126 valence electrons. The van der Waals surface area contributed by atoms with Gasteiger partial charge in [-0.15, -0.1) is 0 Å². The van der Waals surface area contributed by atoms with Crippen LogP contribution in [0.3, 0.4) is 0 Å². The molecule has 2 N–H and O–H groups in total. The van der Waals surface area contributed by atoms with Gasteiger partial charge in [-0.05, 0) is 30.9 Å². The van der Waals surface area contributed by atoms with Crippen LogP contribution in [-0.4, -0.2) is 28.0 Å². The van der Waals surface area contributed by atoms with Gasteiger partial charge in [0.2, 0.25) is 5.91 Å². The Morgan fingerprint density at radius 1 is 1.17 bits per heavy atom. The van der Waals surface area contributed by atoms with Gasteiger partial charge in [-0.2, -0.15) is 0 Å². The molecule has 1 aliphatic carbocycles. The first-order valence-corrected chi connectivity index (χ1v) is 8.48. The highest BCUT2D eigenvalue weighted by Crippen LogP contribution is 2.27. The van der Waals surface area contributed by atoms with Crippen LogP contribution in [0.5, 0.6) is 0 Å². The molecule has 1 heterocycles. The first-order valence-electron chi connectivity index (χ1n) is 8.48. The lowest BCUT2D eigenvalue weighted by atomic mass is 10.0. The lowest BCUT2D eigenvalue weighted by Gasteiger charge is -2.16. The molecule has 1 atom stereocenters. The maximum atomic E-state index is 12.1. The molecule has 1 aromatic carbocycles. The van der Waals surface area contributed by atoms with Crippen LogP contribution in [0.25, 0.3) is 10.9 Å². The fourth-order valence-corrected chi connectivity index (χ4v) is 3.36. The predicted octanol–water partition coefficient (Wildman–Crippen LogP) is 2.93. The van der Waals surface area contributed by atoms with Gasteiger partial charge in [0.05, 0.1) is 5.52 Å². The number of carbonyl (C=O) groups is 2. The third-order valence-corrected chi connectivity index (χ3v) is 4.65. The van der Waals surface area contributed by atoms with Crippen molar-refractivity contribution in [2.75, 3.05) is 0 Å². The number of carboxylic acids is 1. The van der Waals surface area contributed by atoms with Crippen LogP contribution in [0, 0.1) is 5.92 Å². The lowest BCUT2D eigenvalue weighted by Crippen LogP contribution is -2.42. The third-order valence-electron chi connectivity index (χ3n) is 4.65. The molecule has 24 heavy (non-hydrogen) atoms. The summed E-state index contributed by atoms with van der Waals surface area (Å²) in [6, 6.07) is 10.5. The van der Waals surface area contributed by atoms with E-state index in [4.69, 9.17) is 0 Å². The highest BCUT2D eigenvalue weighted by Gasteiger charge is 2.24. The number of benzene rings is 1. The summed E-state index contributed by atoms with van der Waals surface area (Å²) < 4.78 is 0. The average molecular weight is 326 g/mol. The highest BCUT2D eigenvalue weighted by atomic mass is 16.4. The van der Waals surface area contributed by atoms with Crippen LogP contribution < -0.4 is 5.32 Å². The van der Waals surface area contributed by atoms with Gasteiger partial charge in [0.15, 0.2) is 0 Å². The van der Waals surface area contributed by atoms with Crippen LogP contribution in [0.4, 0.5) is 0 Å². The summed E-state index contributed by atoms with van der Waals surface area (Å²) in [4.78, 5) is 28.1. The second-order valence-electron chi connectivity index (χ2n) is 6.51. The number of rotatable bonds is 6. The monoisotopic (exact) mass is 326 g/mol. The molecule has 0 spiro atoms. The summed E-state index contributed by atoms with van der Waals surface area (Å²) in [6.07, 6.45) is 5.09. The van der Waals surface area contributed by atoms with Gasteiger partial charge >= 0.3 is 5.97 Å². The minimum absolute atomic E-state index is 0.171. The number of pyridine rings is 1. The van der Waals surface area contributed by atoms with Crippen molar-refractivity contribution in [3.05, 3.63) is 42.1 Å². The Labute approximate surface area is 141 Å². The van der Waals surface area contributed by atoms with E-state index >= 15 is 0 Å². The summed E-state index contributed by atoms with van der Waals surface area (Å²) >= 11 is 0. The summed E-state index contributed by atoms with van der Waals surface area (Å²) in [6.45, 7) is 0. The molecule has 0 unspecified atom stereocenters. The van der Waals surface area contributed by atoms with Gasteiger partial charge in [0.1, 0.15) is 6.04 Å². The van der Waals surface area contributed by atoms with Crippen molar-refractivity contribution in [3.8, 4) is 0 Å². The quantitative estimate of drug-likeness (QED) is 0.855. The summed E-state index contributed by atoms with van der Waals surface area (Å²) in [5.74, 6) is -0.793. The van der Waals surface area contributed by atoms with Gasteiger partial charge in [0.25, 0.3) is 0 Å². The van der Waals surface area contributed by atoms with Crippen LogP contribution in [0.2, 0.25) is 0 Å². The first kappa shape index (κ1) is 16.4. The number of nitrogens with zero attached hydrogens (tertiary/aromatic N) is 1. The topological polar surface area (TPSA) is 79.3 Å². The number of aromatic nitrogens is 1. The van der Waals surface area contributed by atoms with Crippen molar-refractivity contribution < 1.29 is 14.7 Å². The van der Waals surface area contributed by atoms with Gasteiger partial charge in [-0.3, -0.25) is 9.78 Å². The van der Waals surface area contributed by atoms with E-state index < -0.39 is 12.0 Å². The van der Waals surface area contributed by atoms with E-state index in [2.05, 4.69) is 10.3 Å². The minimum atomic E-state index is -1.02. The number of hydrogen-bond acceptors (Lipinski definition) is 3. The molecule has 1 aliphatic rings. The number of para-hydroxylation sites is 1. The van der Waals surface area contributed by atoms with Crippen molar-refractivity contribution >= 4 is 22.8 Å². The Bertz CT molecular complexity index is 738. The zero-order valence-corrected chi connectivity index (χ0v) is 13.6. The van der Waals surface area contributed by atoms with Crippen LogP contribution in [-0.2, 0) is 16.0 Å². The molecule has 1 amide bonds. The molecule has 5 heteroatoms. The van der Waals surface area contributed by atoms with Gasteiger partial charge in [-0.1, -0.05) is 37.1 Å². The maximum absolute atomic E-state index is 12.1. The number of fused-ring (bicyclic) bond motifs is 1. The van der Waals surface area contributed by atoms with Crippen LogP contribution in [0.1, 0.15) is 37.8 Å². The Morgan fingerprint density at radius 2 is 1.92 bits per heavy atom. The number of aliphatic carboxylic acids is 1. The fraction of sp³-hybridized carbons (Fsp3) is 0.421. The second-order valence-corrected chi connectivity index (χ2v) is 6.51. The number of carboxylic acid groups (broad SMARTS) is 1. The zero-order valence-electron chi connectivity index (χ0n) is 13.6. The van der Waals surface area contributed by atoms with E-state index in [0.717, 1.165) is 23.7 Å². The molecule has 5 nitrogen and oxygen atoms in total. The zero-order chi connectivity index (χ0) is 16.9. The molecule has 1 saturated carbocycles. The SMILES string of the molecule is O=C(CC1CCCC1)N[C@@H](Cc1ccc2ccccc2n1)C(=O)O. The van der Waals surface area contributed by atoms with E-state index in [1.165, 1.54) is 12.8 Å². The summed E-state index contributed by atoms with van der Waals surface area (Å²) in [5.41, 5.74) is 1.50. The Hall–Kier alpha value is -2.43. The molecule has 0 saturated heterocycles. The Kier molecular flexibility index (Phi) is 5.08. The summed E-state index contributed by atoms with van der Waals surface area (Å²) in [7, 11) is 0. The van der Waals surface area contributed by atoms with E-state index in [0.29, 0.717) is 18.0 Å². The van der Waals surface area contributed by atoms with Gasteiger partial charge in [0, 0.05) is 23.9 Å². The van der Waals surface area contributed by atoms with Gasteiger partial charge in [-0.25, -0.2) is 4.79 Å². The van der Waals surface area contributed by atoms with Crippen molar-refractivity contribution in [3.63, 3.8) is 0 Å². The number of hydrogen-bond donors (Lipinski definition) is 2. The average Bonchev–Trinajstić information content (AvgIpc) is 3.07. The normalized spacial score (nSPS) is 16.2. The highest BCUT2D eigenvalue weighted by molar-refractivity contribution is 5.84. The van der Waals surface area contributed by atoms with Crippen molar-refractivity contribution in [1.29, 1.82) is 0 Å². The molecule has 1 aromatic heterocycles. The number of amides is 1. The largest absolute Gasteiger partial charge is 0.480 e. The van der Waals surface area contributed by atoms with E-state index in [1.807, 2.05) is 36.4 Å². The molecule has 1 fully saturated rings. The first-order chi connectivity index (χ1) is 11.6. The smallest absolute Gasteiger partial charge is 0.326 e. The molecule has 0 radical (unpaired) electrons. The van der Waals surface area contributed by atoms with Crippen LogP contribution in [0.15, 0.2) is 36.4 Å². The van der Waals surface area contributed by atoms with E-state index in [1.54, 1.807) is 0 Å². The van der Waals surface area contributed by atoms with Crippen molar-refractivity contribution in [2.24, 2.45) is 5.92 Å².